The number of hydrogen-bond acceptors (Lipinski definition) is 5. The second kappa shape index (κ2) is 8.28. The summed E-state index contributed by atoms with van der Waals surface area (Å²) < 4.78 is 11.3. The Kier molecular flexibility index (Phi) is 5.21. The fourth-order valence-corrected chi connectivity index (χ4v) is 2.93. The molecule has 0 radical (unpaired) electrons. The van der Waals surface area contributed by atoms with Crippen LogP contribution in [0.5, 0.6) is 11.5 Å². The molecule has 6 nitrogen and oxygen atoms in total. The molecule has 0 saturated heterocycles. The number of H-pyrrole nitrogens is 1. The summed E-state index contributed by atoms with van der Waals surface area (Å²) in [7, 11) is 1.59. The van der Waals surface area contributed by atoms with Gasteiger partial charge < -0.3 is 14.5 Å². The number of hydrogen-bond donors (Lipinski definition) is 1. The molecule has 2 aromatic heterocycles. The number of methoxy groups -OCH3 is 1. The molecule has 0 spiro atoms. The maximum Gasteiger partial charge on any atom is 0.161 e. The van der Waals surface area contributed by atoms with E-state index in [0.29, 0.717) is 29.5 Å². The fourth-order valence-electron chi connectivity index (χ4n) is 2.93. The first kappa shape index (κ1) is 18.3. The topological polar surface area (TPSA) is 83.8 Å². The highest BCUT2D eigenvalue weighted by molar-refractivity contribution is 5.90. The SMILES string of the molecule is COc1cc(/C=C(\C#N)c2nc3ccccc3[nH]2)ccc1OCc1ccncc1. The van der Waals surface area contributed by atoms with Gasteiger partial charge in [0.2, 0.25) is 0 Å². The zero-order chi connectivity index (χ0) is 20.1. The minimum Gasteiger partial charge on any atom is -0.493 e. The van der Waals surface area contributed by atoms with E-state index in [4.69, 9.17) is 9.47 Å². The van der Waals surface area contributed by atoms with E-state index in [1.807, 2.05) is 54.6 Å². The molecule has 0 amide bonds. The van der Waals surface area contributed by atoms with E-state index in [1.165, 1.54) is 0 Å². The van der Waals surface area contributed by atoms with Gasteiger partial charge in [-0.2, -0.15) is 5.26 Å². The van der Waals surface area contributed by atoms with Gasteiger partial charge in [-0.3, -0.25) is 4.98 Å². The summed E-state index contributed by atoms with van der Waals surface area (Å²) in [5, 5.41) is 9.62. The van der Waals surface area contributed by atoms with Gasteiger partial charge in [-0.05, 0) is 53.6 Å². The Morgan fingerprint density at radius 3 is 2.69 bits per heavy atom. The number of imidazole rings is 1. The minimum absolute atomic E-state index is 0.413. The smallest absolute Gasteiger partial charge is 0.161 e. The van der Waals surface area contributed by atoms with E-state index in [1.54, 1.807) is 25.6 Å². The van der Waals surface area contributed by atoms with Crippen molar-refractivity contribution < 1.29 is 9.47 Å². The molecule has 2 heterocycles. The number of ether oxygens (including phenoxy) is 2. The number of rotatable bonds is 6. The van der Waals surface area contributed by atoms with Gasteiger partial charge in [-0.25, -0.2) is 4.98 Å². The molecule has 0 fully saturated rings. The van der Waals surface area contributed by atoms with Crippen molar-refractivity contribution in [3.05, 3.63) is 83.9 Å². The predicted molar refractivity (Wildman–Crippen MR) is 111 cm³/mol. The summed E-state index contributed by atoms with van der Waals surface area (Å²) in [6.07, 6.45) is 5.23. The Bertz CT molecular complexity index is 1170. The average molecular weight is 382 g/mol. The fraction of sp³-hybridized carbons (Fsp3) is 0.0870. The third-order valence-corrected chi connectivity index (χ3v) is 4.41. The monoisotopic (exact) mass is 382 g/mol. The van der Waals surface area contributed by atoms with Crippen molar-refractivity contribution in [1.29, 1.82) is 5.26 Å². The Labute approximate surface area is 168 Å². The van der Waals surface area contributed by atoms with E-state index < -0.39 is 0 Å². The summed E-state index contributed by atoms with van der Waals surface area (Å²) >= 11 is 0. The molecule has 0 aliphatic carbocycles. The van der Waals surface area contributed by atoms with Crippen molar-refractivity contribution in [2.75, 3.05) is 7.11 Å². The van der Waals surface area contributed by atoms with Gasteiger partial charge in [-0.1, -0.05) is 18.2 Å². The van der Waals surface area contributed by atoms with Gasteiger partial charge in [0, 0.05) is 12.4 Å². The second-order valence-corrected chi connectivity index (χ2v) is 6.33. The Morgan fingerprint density at radius 1 is 1.10 bits per heavy atom. The lowest BCUT2D eigenvalue weighted by Crippen LogP contribution is -1.98. The molecular formula is C23H18N4O2. The third-order valence-electron chi connectivity index (χ3n) is 4.41. The largest absolute Gasteiger partial charge is 0.493 e. The number of nitrogens with zero attached hydrogens (tertiary/aromatic N) is 3. The Morgan fingerprint density at radius 2 is 1.93 bits per heavy atom. The van der Waals surface area contributed by atoms with Crippen molar-refractivity contribution in [1.82, 2.24) is 15.0 Å². The highest BCUT2D eigenvalue weighted by atomic mass is 16.5. The van der Waals surface area contributed by atoms with Crippen LogP contribution in [0, 0.1) is 11.3 Å². The van der Waals surface area contributed by atoms with Crippen molar-refractivity contribution in [2.24, 2.45) is 0 Å². The van der Waals surface area contributed by atoms with Crippen molar-refractivity contribution in [3.63, 3.8) is 0 Å². The van der Waals surface area contributed by atoms with Crippen LogP contribution < -0.4 is 9.47 Å². The zero-order valence-corrected chi connectivity index (χ0v) is 15.8. The van der Waals surface area contributed by atoms with Crippen molar-refractivity contribution in [3.8, 4) is 17.6 Å². The quantitative estimate of drug-likeness (QED) is 0.492. The molecule has 0 atom stereocenters. The molecule has 1 N–H and O–H groups in total. The van der Waals surface area contributed by atoms with E-state index in [9.17, 15) is 5.26 Å². The van der Waals surface area contributed by atoms with Gasteiger partial charge in [0.1, 0.15) is 18.5 Å². The number of benzene rings is 2. The standard InChI is InChI=1S/C23H18N4O2/c1-28-22-13-17(6-7-21(22)29-15-16-8-10-25-11-9-16)12-18(14-24)23-26-19-4-2-3-5-20(19)27-23/h2-13H,15H2,1H3,(H,26,27)/b18-12+. The maximum absolute atomic E-state index is 9.62. The Hall–Kier alpha value is -4.11. The molecule has 29 heavy (non-hydrogen) atoms. The van der Waals surface area contributed by atoms with Crippen molar-refractivity contribution in [2.45, 2.75) is 6.61 Å². The van der Waals surface area contributed by atoms with E-state index in [2.05, 4.69) is 21.0 Å². The summed E-state index contributed by atoms with van der Waals surface area (Å²) in [6, 6.07) is 19.2. The summed E-state index contributed by atoms with van der Waals surface area (Å²) in [5.74, 6) is 1.75. The highest BCUT2D eigenvalue weighted by Crippen LogP contribution is 2.30. The van der Waals surface area contributed by atoms with Crippen LogP contribution in [0.15, 0.2) is 67.0 Å². The number of nitriles is 1. The Balaban J connectivity index is 1.59. The lowest BCUT2D eigenvalue weighted by atomic mass is 10.1. The molecule has 142 valence electrons. The number of para-hydroxylation sites is 2. The number of pyridine rings is 1. The first-order valence-electron chi connectivity index (χ1n) is 9.03. The lowest BCUT2D eigenvalue weighted by Gasteiger charge is -2.11. The van der Waals surface area contributed by atoms with E-state index in [-0.39, 0.29) is 0 Å². The molecule has 0 aliphatic rings. The van der Waals surface area contributed by atoms with Gasteiger partial charge in [0.15, 0.2) is 11.5 Å². The number of aromatic nitrogens is 3. The van der Waals surface area contributed by atoms with Crippen molar-refractivity contribution >= 4 is 22.7 Å². The van der Waals surface area contributed by atoms with Crippen LogP contribution in [0.1, 0.15) is 17.0 Å². The van der Waals surface area contributed by atoms with Crippen LogP contribution in [0.2, 0.25) is 0 Å². The normalized spacial score (nSPS) is 11.2. The lowest BCUT2D eigenvalue weighted by molar-refractivity contribution is 0.284. The molecule has 0 unspecified atom stereocenters. The summed E-state index contributed by atoms with van der Waals surface area (Å²) in [4.78, 5) is 11.7. The number of nitrogens with one attached hydrogen (secondary N) is 1. The molecular weight excluding hydrogens is 364 g/mol. The van der Waals surface area contributed by atoms with Gasteiger partial charge in [0.05, 0.1) is 23.7 Å². The second-order valence-electron chi connectivity index (χ2n) is 6.33. The third kappa shape index (κ3) is 4.09. The summed E-state index contributed by atoms with van der Waals surface area (Å²) in [5.41, 5.74) is 3.98. The van der Waals surface area contributed by atoms with Gasteiger partial charge in [-0.15, -0.1) is 0 Å². The molecule has 4 aromatic rings. The number of allylic oxidation sites excluding steroid dienone is 1. The molecule has 2 aromatic carbocycles. The van der Waals surface area contributed by atoms with Gasteiger partial charge >= 0.3 is 0 Å². The van der Waals surface area contributed by atoms with Gasteiger partial charge in [0.25, 0.3) is 0 Å². The minimum atomic E-state index is 0.413. The van der Waals surface area contributed by atoms with E-state index in [0.717, 1.165) is 22.2 Å². The van der Waals surface area contributed by atoms with Crippen LogP contribution in [0.4, 0.5) is 0 Å². The van der Waals surface area contributed by atoms with Crippen LogP contribution in [-0.2, 0) is 6.61 Å². The molecule has 6 heteroatoms. The average Bonchev–Trinajstić information content (AvgIpc) is 3.21. The molecule has 0 saturated carbocycles. The van der Waals surface area contributed by atoms with E-state index >= 15 is 0 Å². The van der Waals surface area contributed by atoms with Crippen LogP contribution in [0.3, 0.4) is 0 Å². The summed E-state index contributed by atoms with van der Waals surface area (Å²) in [6.45, 7) is 0.413. The number of fused-ring (bicyclic) bond motifs is 1. The molecule has 4 rings (SSSR count). The molecule has 0 aliphatic heterocycles. The van der Waals surface area contributed by atoms with Crippen LogP contribution in [0.25, 0.3) is 22.7 Å². The highest BCUT2D eigenvalue weighted by Gasteiger charge is 2.10. The first-order chi connectivity index (χ1) is 14.3. The first-order valence-corrected chi connectivity index (χ1v) is 9.03. The predicted octanol–water partition coefficient (Wildman–Crippen LogP) is 4.61. The van der Waals surface area contributed by atoms with Crippen LogP contribution >= 0.6 is 0 Å². The van der Waals surface area contributed by atoms with Crippen LogP contribution in [-0.4, -0.2) is 22.1 Å². The zero-order valence-electron chi connectivity index (χ0n) is 15.8. The molecule has 0 bridgehead atoms. The number of aromatic amines is 1. The maximum atomic E-state index is 9.62.